The number of nitrogens with two attached hydrogens (primary N) is 1. The van der Waals surface area contributed by atoms with Gasteiger partial charge < -0.3 is 15.4 Å². The first-order valence-corrected chi connectivity index (χ1v) is 9.55. The summed E-state index contributed by atoms with van der Waals surface area (Å²) in [5.41, 5.74) is 3.00. The molecule has 3 aromatic carbocycles. The zero-order valence-corrected chi connectivity index (χ0v) is 16.3. The lowest BCUT2D eigenvalue weighted by atomic mass is 9.99. The Morgan fingerprint density at radius 3 is 2.21 bits per heavy atom. The van der Waals surface area contributed by atoms with E-state index in [0.29, 0.717) is 5.92 Å². The molecule has 4 heteroatoms. The number of ether oxygens (including phenoxy) is 1. The topological polar surface area (TPSA) is 54.9 Å². The minimum Gasteiger partial charge on any atom is -0.497 e. The van der Waals surface area contributed by atoms with Crippen molar-refractivity contribution in [1.29, 1.82) is 0 Å². The first-order valence-electron chi connectivity index (χ1n) is 9.55. The summed E-state index contributed by atoms with van der Waals surface area (Å²) in [5, 5.41) is 5.14. The predicted molar refractivity (Wildman–Crippen MR) is 112 cm³/mol. The van der Waals surface area contributed by atoms with Gasteiger partial charge in [0.15, 0.2) is 6.04 Å². The zero-order chi connectivity index (χ0) is 19.8. The SMILES string of the molecule is COc1cccc(NC(=O)[C@@H]([NH2+]C[C@H](C)c2ccccc2)c2ccccc2)c1. The molecular formula is C24H27N2O2+. The summed E-state index contributed by atoms with van der Waals surface area (Å²) in [6.07, 6.45) is 0. The number of nitrogens with one attached hydrogen (secondary N) is 1. The van der Waals surface area contributed by atoms with Crippen molar-refractivity contribution in [3.05, 3.63) is 96.1 Å². The normalized spacial score (nSPS) is 12.8. The van der Waals surface area contributed by atoms with Crippen LogP contribution in [0.15, 0.2) is 84.9 Å². The first kappa shape index (κ1) is 19.6. The van der Waals surface area contributed by atoms with Crippen LogP contribution in [0.1, 0.15) is 30.0 Å². The van der Waals surface area contributed by atoms with Gasteiger partial charge in [0.1, 0.15) is 5.75 Å². The lowest BCUT2D eigenvalue weighted by Crippen LogP contribution is -2.88. The second kappa shape index (κ2) is 9.72. The van der Waals surface area contributed by atoms with Crippen molar-refractivity contribution < 1.29 is 14.8 Å². The highest BCUT2D eigenvalue weighted by molar-refractivity contribution is 5.94. The van der Waals surface area contributed by atoms with Gasteiger partial charge in [0.25, 0.3) is 5.91 Å². The highest BCUT2D eigenvalue weighted by atomic mass is 16.5. The lowest BCUT2D eigenvalue weighted by molar-refractivity contribution is -0.684. The molecule has 0 spiro atoms. The van der Waals surface area contributed by atoms with Gasteiger partial charge in [-0.25, -0.2) is 0 Å². The molecule has 0 aromatic heterocycles. The van der Waals surface area contributed by atoms with Crippen LogP contribution in [0.3, 0.4) is 0 Å². The van der Waals surface area contributed by atoms with E-state index in [0.717, 1.165) is 23.5 Å². The summed E-state index contributed by atoms with van der Waals surface area (Å²) in [7, 11) is 1.62. The Balaban J connectivity index is 1.74. The fraction of sp³-hybridized carbons (Fsp3) is 0.208. The summed E-state index contributed by atoms with van der Waals surface area (Å²) in [5.74, 6) is 1.02. The highest BCUT2D eigenvalue weighted by Gasteiger charge is 2.25. The van der Waals surface area contributed by atoms with E-state index >= 15 is 0 Å². The number of carbonyl (C=O) groups excluding carboxylic acids is 1. The average molecular weight is 375 g/mol. The van der Waals surface area contributed by atoms with Crippen LogP contribution < -0.4 is 15.4 Å². The molecule has 0 unspecified atom stereocenters. The number of rotatable bonds is 8. The molecule has 144 valence electrons. The highest BCUT2D eigenvalue weighted by Crippen LogP contribution is 2.19. The Labute approximate surface area is 166 Å². The second-order valence-corrected chi connectivity index (χ2v) is 6.89. The molecule has 4 nitrogen and oxygen atoms in total. The van der Waals surface area contributed by atoms with Crippen LogP contribution in [-0.2, 0) is 4.79 Å². The Morgan fingerprint density at radius 1 is 0.929 bits per heavy atom. The van der Waals surface area contributed by atoms with Crippen molar-refractivity contribution in [2.45, 2.75) is 18.9 Å². The van der Waals surface area contributed by atoms with Crippen LogP contribution in [0.2, 0.25) is 0 Å². The molecule has 0 heterocycles. The summed E-state index contributed by atoms with van der Waals surface area (Å²) >= 11 is 0. The van der Waals surface area contributed by atoms with Crippen molar-refractivity contribution in [1.82, 2.24) is 0 Å². The molecule has 0 saturated heterocycles. The Hall–Kier alpha value is -3.11. The third kappa shape index (κ3) is 5.21. The van der Waals surface area contributed by atoms with Crippen LogP contribution in [-0.4, -0.2) is 19.6 Å². The van der Waals surface area contributed by atoms with E-state index in [2.05, 4.69) is 41.8 Å². The fourth-order valence-electron chi connectivity index (χ4n) is 3.23. The molecule has 0 aliphatic carbocycles. The standard InChI is InChI=1S/C24H26N2O2/c1-18(19-10-5-3-6-11-19)17-25-23(20-12-7-4-8-13-20)24(27)26-21-14-9-15-22(16-21)28-2/h3-16,18,23,25H,17H2,1-2H3,(H,26,27)/p+1/t18-,23-/m0/s1. The van der Waals surface area contributed by atoms with Gasteiger partial charge in [-0.3, -0.25) is 4.79 Å². The third-order valence-electron chi connectivity index (χ3n) is 4.87. The van der Waals surface area contributed by atoms with Crippen LogP contribution in [0, 0.1) is 0 Å². The van der Waals surface area contributed by atoms with E-state index < -0.39 is 0 Å². The van der Waals surface area contributed by atoms with Gasteiger partial charge >= 0.3 is 0 Å². The summed E-state index contributed by atoms with van der Waals surface area (Å²) in [6.45, 7) is 3.00. The van der Waals surface area contributed by atoms with Crippen molar-refractivity contribution in [3.8, 4) is 5.75 Å². The number of quaternary nitrogens is 1. The maximum atomic E-state index is 13.1. The summed E-state index contributed by atoms with van der Waals surface area (Å²) in [6, 6.07) is 27.4. The largest absolute Gasteiger partial charge is 0.497 e. The molecule has 2 atom stereocenters. The monoisotopic (exact) mass is 375 g/mol. The fourth-order valence-corrected chi connectivity index (χ4v) is 3.23. The van der Waals surface area contributed by atoms with Crippen LogP contribution in [0.4, 0.5) is 5.69 Å². The zero-order valence-electron chi connectivity index (χ0n) is 16.3. The minimum atomic E-state index is -0.321. The van der Waals surface area contributed by atoms with E-state index in [4.69, 9.17) is 4.74 Å². The number of carbonyl (C=O) groups is 1. The Morgan fingerprint density at radius 2 is 1.57 bits per heavy atom. The average Bonchev–Trinajstić information content (AvgIpc) is 2.75. The van der Waals surface area contributed by atoms with Gasteiger partial charge in [0.05, 0.1) is 13.7 Å². The first-order chi connectivity index (χ1) is 13.7. The van der Waals surface area contributed by atoms with Crippen LogP contribution in [0.5, 0.6) is 5.75 Å². The Kier molecular flexibility index (Phi) is 6.82. The van der Waals surface area contributed by atoms with Gasteiger partial charge in [-0.1, -0.05) is 73.7 Å². The minimum absolute atomic E-state index is 0.0419. The molecule has 0 aliphatic heterocycles. The van der Waals surface area contributed by atoms with Crippen LogP contribution in [0.25, 0.3) is 0 Å². The molecule has 28 heavy (non-hydrogen) atoms. The lowest BCUT2D eigenvalue weighted by Gasteiger charge is -2.19. The van der Waals surface area contributed by atoms with Gasteiger partial charge in [-0.15, -0.1) is 0 Å². The molecule has 0 radical (unpaired) electrons. The Bertz CT molecular complexity index is 881. The van der Waals surface area contributed by atoms with E-state index in [9.17, 15) is 4.79 Å². The molecule has 3 aromatic rings. The molecule has 1 amide bonds. The predicted octanol–water partition coefficient (Wildman–Crippen LogP) is 3.74. The summed E-state index contributed by atoms with van der Waals surface area (Å²) in [4.78, 5) is 13.1. The second-order valence-electron chi connectivity index (χ2n) is 6.89. The van der Waals surface area contributed by atoms with E-state index in [1.807, 2.05) is 60.7 Å². The van der Waals surface area contributed by atoms with E-state index in [1.165, 1.54) is 5.56 Å². The molecule has 0 aliphatic rings. The van der Waals surface area contributed by atoms with E-state index in [-0.39, 0.29) is 11.9 Å². The number of hydrogen-bond donors (Lipinski definition) is 2. The maximum absolute atomic E-state index is 13.1. The smallest absolute Gasteiger partial charge is 0.287 e. The number of amides is 1. The van der Waals surface area contributed by atoms with Crippen LogP contribution >= 0.6 is 0 Å². The molecule has 3 N–H and O–H groups in total. The number of hydrogen-bond acceptors (Lipinski definition) is 2. The molecule has 0 saturated carbocycles. The molecule has 0 fully saturated rings. The number of methoxy groups -OCH3 is 1. The number of anilines is 1. The van der Waals surface area contributed by atoms with E-state index in [1.54, 1.807) is 7.11 Å². The van der Waals surface area contributed by atoms with Gasteiger partial charge in [-0.2, -0.15) is 0 Å². The van der Waals surface area contributed by atoms with Crippen molar-refractivity contribution in [2.24, 2.45) is 0 Å². The van der Waals surface area contributed by atoms with Gasteiger partial charge in [-0.05, 0) is 17.7 Å². The molecule has 0 bridgehead atoms. The van der Waals surface area contributed by atoms with Gasteiger partial charge in [0.2, 0.25) is 0 Å². The number of benzene rings is 3. The molecular weight excluding hydrogens is 348 g/mol. The molecule has 3 rings (SSSR count). The third-order valence-corrected chi connectivity index (χ3v) is 4.87. The maximum Gasteiger partial charge on any atom is 0.287 e. The van der Waals surface area contributed by atoms with Crippen molar-refractivity contribution in [2.75, 3.05) is 19.0 Å². The van der Waals surface area contributed by atoms with Crippen molar-refractivity contribution in [3.63, 3.8) is 0 Å². The quantitative estimate of drug-likeness (QED) is 0.630. The van der Waals surface area contributed by atoms with Gasteiger partial charge in [0, 0.05) is 23.2 Å². The van der Waals surface area contributed by atoms with Crippen molar-refractivity contribution >= 4 is 11.6 Å². The summed E-state index contributed by atoms with van der Waals surface area (Å²) < 4.78 is 5.25.